The summed E-state index contributed by atoms with van der Waals surface area (Å²) in [6.45, 7) is 2.21. The van der Waals surface area contributed by atoms with Gasteiger partial charge in [0.25, 0.3) is 0 Å². The van der Waals surface area contributed by atoms with E-state index in [1.165, 1.54) is 32.1 Å². The van der Waals surface area contributed by atoms with Crippen molar-refractivity contribution < 1.29 is 14.7 Å². The molecule has 0 spiro atoms. The largest absolute Gasteiger partial charge is 0.481 e. The van der Waals surface area contributed by atoms with Crippen molar-refractivity contribution in [3.8, 4) is 0 Å². The van der Waals surface area contributed by atoms with Gasteiger partial charge in [-0.25, -0.2) is 0 Å². The smallest absolute Gasteiger partial charge is 0.306 e. The normalized spacial score (nSPS) is 32.8. The zero-order valence-corrected chi connectivity index (χ0v) is 13.1. The Labute approximate surface area is 127 Å². The average molecular weight is 295 g/mol. The first-order valence-electron chi connectivity index (χ1n) is 8.65. The number of hydrogen-bond acceptors (Lipinski definition) is 2. The van der Waals surface area contributed by atoms with Crippen LogP contribution in [0, 0.1) is 17.8 Å². The van der Waals surface area contributed by atoms with E-state index in [1.54, 1.807) is 0 Å². The summed E-state index contributed by atoms with van der Waals surface area (Å²) in [4.78, 5) is 23.3. The van der Waals surface area contributed by atoms with Gasteiger partial charge in [-0.1, -0.05) is 26.2 Å². The maximum atomic E-state index is 12.4. The molecule has 2 unspecified atom stereocenters. The van der Waals surface area contributed by atoms with Crippen LogP contribution in [0.15, 0.2) is 0 Å². The molecule has 1 amide bonds. The molecule has 4 nitrogen and oxygen atoms in total. The molecule has 2 N–H and O–H groups in total. The van der Waals surface area contributed by atoms with Gasteiger partial charge < -0.3 is 10.4 Å². The third-order valence-electron chi connectivity index (χ3n) is 5.36. The summed E-state index contributed by atoms with van der Waals surface area (Å²) >= 11 is 0. The van der Waals surface area contributed by atoms with E-state index in [-0.39, 0.29) is 17.7 Å². The lowest BCUT2D eigenvalue weighted by molar-refractivity contribution is -0.144. The van der Waals surface area contributed by atoms with Crippen LogP contribution in [-0.4, -0.2) is 23.0 Å². The van der Waals surface area contributed by atoms with E-state index in [9.17, 15) is 9.59 Å². The first-order chi connectivity index (χ1) is 10.1. The van der Waals surface area contributed by atoms with E-state index >= 15 is 0 Å². The van der Waals surface area contributed by atoms with Crippen molar-refractivity contribution in [2.45, 2.75) is 77.2 Å². The van der Waals surface area contributed by atoms with Crippen molar-refractivity contribution in [3.63, 3.8) is 0 Å². The van der Waals surface area contributed by atoms with Gasteiger partial charge in [0, 0.05) is 12.0 Å². The van der Waals surface area contributed by atoms with Gasteiger partial charge in [0.1, 0.15) is 0 Å². The van der Waals surface area contributed by atoms with Crippen LogP contribution in [0.25, 0.3) is 0 Å². The van der Waals surface area contributed by atoms with Crippen molar-refractivity contribution in [2.24, 2.45) is 17.8 Å². The average Bonchev–Trinajstić information content (AvgIpc) is 2.92. The lowest BCUT2D eigenvalue weighted by Crippen LogP contribution is -2.42. The van der Waals surface area contributed by atoms with Crippen molar-refractivity contribution in [2.75, 3.05) is 0 Å². The molecule has 0 radical (unpaired) electrons. The quantitative estimate of drug-likeness (QED) is 0.789. The van der Waals surface area contributed by atoms with Gasteiger partial charge in [-0.2, -0.15) is 0 Å². The number of amides is 1. The Bertz CT molecular complexity index is 361. The molecule has 0 aromatic heterocycles. The van der Waals surface area contributed by atoms with Crippen molar-refractivity contribution in [3.05, 3.63) is 0 Å². The van der Waals surface area contributed by atoms with Crippen LogP contribution >= 0.6 is 0 Å². The molecule has 0 saturated heterocycles. The maximum absolute atomic E-state index is 12.4. The zero-order chi connectivity index (χ0) is 15.2. The summed E-state index contributed by atoms with van der Waals surface area (Å²) in [6, 6.07) is 0.362. The van der Waals surface area contributed by atoms with Gasteiger partial charge in [-0.05, 0) is 50.9 Å². The molecule has 0 aliphatic heterocycles. The fraction of sp³-hybridized carbons (Fsp3) is 0.882. The molecular weight excluding hydrogens is 266 g/mol. The second kappa shape index (κ2) is 7.81. The van der Waals surface area contributed by atoms with Crippen LogP contribution in [0.3, 0.4) is 0 Å². The Balaban J connectivity index is 1.77. The predicted molar refractivity (Wildman–Crippen MR) is 81.9 cm³/mol. The first-order valence-corrected chi connectivity index (χ1v) is 8.65. The van der Waals surface area contributed by atoms with E-state index in [0.717, 1.165) is 19.3 Å². The van der Waals surface area contributed by atoms with E-state index < -0.39 is 5.97 Å². The molecule has 0 aromatic rings. The van der Waals surface area contributed by atoms with Gasteiger partial charge in [0.15, 0.2) is 0 Å². The zero-order valence-electron chi connectivity index (χ0n) is 13.1. The first kappa shape index (κ1) is 16.3. The highest BCUT2D eigenvalue weighted by atomic mass is 16.4. The molecular formula is C17H29NO3. The number of rotatable bonds is 6. The van der Waals surface area contributed by atoms with Crippen LogP contribution in [0.4, 0.5) is 0 Å². The number of hydrogen-bond donors (Lipinski definition) is 2. The van der Waals surface area contributed by atoms with Gasteiger partial charge in [0.05, 0.1) is 5.92 Å². The minimum Gasteiger partial charge on any atom is -0.481 e. The highest BCUT2D eigenvalue weighted by Crippen LogP contribution is 2.32. The lowest BCUT2D eigenvalue weighted by Gasteiger charge is -2.28. The number of carboxylic acid groups (broad SMARTS) is 1. The van der Waals surface area contributed by atoms with Crippen molar-refractivity contribution >= 4 is 11.9 Å². The van der Waals surface area contributed by atoms with E-state index in [2.05, 4.69) is 12.2 Å². The number of carbonyl (C=O) groups excluding carboxylic acids is 1. The van der Waals surface area contributed by atoms with Gasteiger partial charge in [0.2, 0.25) is 5.91 Å². The number of nitrogens with one attached hydrogen (secondary N) is 1. The highest BCUT2D eigenvalue weighted by Gasteiger charge is 2.33. The van der Waals surface area contributed by atoms with Gasteiger partial charge in [-0.15, -0.1) is 0 Å². The van der Waals surface area contributed by atoms with Gasteiger partial charge in [-0.3, -0.25) is 9.59 Å². The second-order valence-electron chi connectivity index (χ2n) is 6.84. The summed E-state index contributed by atoms with van der Waals surface area (Å²) in [5.74, 6) is -0.0772. The Morgan fingerprint density at radius 2 is 1.71 bits per heavy atom. The summed E-state index contributed by atoms with van der Waals surface area (Å²) < 4.78 is 0. The highest BCUT2D eigenvalue weighted by molar-refractivity contribution is 5.79. The molecule has 0 heterocycles. The minimum atomic E-state index is -0.704. The maximum Gasteiger partial charge on any atom is 0.306 e. The van der Waals surface area contributed by atoms with Crippen LogP contribution in [-0.2, 0) is 9.59 Å². The molecule has 21 heavy (non-hydrogen) atoms. The fourth-order valence-corrected chi connectivity index (χ4v) is 3.94. The topological polar surface area (TPSA) is 66.4 Å². The molecule has 0 aromatic carbocycles. The summed E-state index contributed by atoms with van der Waals surface area (Å²) in [5, 5.41) is 12.3. The molecule has 0 bridgehead atoms. The Hall–Kier alpha value is -1.06. The Morgan fingerprint density at radius 3 is 2.33 bits per heavy atom. The molecule has 2 saturated carbocycles. The van der Waals surface area contributed by atoms with E-state index in [0.29, 0.717) is 24.8 Å². The van der Waals surface area contributed by atoms with Crippen LogP contribution in [0.1, 0.15) is 71.1 Å². The van der Waals surface area contributed by atoms with Crippen LogP contribution in [0.2, 0.25) is 0 Å². The molecule has 2 fully saturated rings. The third-order valence-corrected chi connectivity index (χ3v) is 5.36. The molecule has 2 aliphatic rings. The Kier molecular flexibility index (Phi) is 6.07. The molecule has 4 heteroatoms. The van der Waals surface area contributed by atoms with E-state index in [1.807, 2.05) is 0 Å². The SMILES string of the molecule is CCCCC1CCCC1NC(=O)C1CCC(C(=O)O)CC1. The number of carbonyl (C=O) groups is 2. The van der Waals surface area contributed by atoms with Crippen molar-refractivity contribution in [1.29, 1.82) is 0 Å². The summed E-state index contributed by atoms with van der Waals surface area (Å²) in [7, 11) is 0. The number of aliphatic carboxylic acids is 1. The number of unbranched alkanes of at least 4 members (excludes halogenated alkanes) is 1. The monoisotopic (exact) mass is 295 g/mol. The Morgan fingerprint density at radius 1 is 1.05 bits per heavy atom. The predicted octanol–water partition coefficient (Wildman–Crippen LogP) is 3.35. The fourth-order valence-electron chi connectivity index (χ4n) is 3.94. The second-order valence-corrected chi connectivity index (χ2v) is 6.84. The lowest BCUT2D eigenvalue weighted by atomic mass is 9.81. The summed E-state index contributed by atoms with van der Waals surface area (Å²) in [5.41, 5.74) is 0. The minimum absolute atomic E-state index is 0.0352. The standard InChI is InChI=1S/C17H29NO3/c1-2-3-5-12-6-4-7-15(12)18-16(19)13-8-10-14(11-9-13)17(20)21/h12-15H,2-11H2,1H3,(H,18,19)(H,20,21). The number of carboxylic acids is 1. The molecule has 120 valence electrons. The third kappa shape index (κ3) is 4.45. The van der Waals surface area contributed by atoms with Gasteiger partial charge >= 0.3 is 5.97 Å². The molecule has 2 aliphatic carbocycles. The van der Waals surface area contributed by atoms with Crippen molar-refractivity contribution in [1.82, 2.24) is 5.32 Å². The molecule has 2 atom stereocenters. The van der Waals surface area contributed by atoms with Crippen LogP contribution in [0.5, 0.6) is 0 Å². The summed E-state index contributed by atoms with van der Waals surface area (Å²) in [6.07, 6.45) is 10.1. The van der Waals surface area contributed by atoms with E-state index in [4.69, 9.17) is 5.11 Å². The molecule has 2 rings (SSSR count). The van der Waals surface area contributed by atoms with Crippen LogP contribution < -0.4 is 5.32 Å².